The lowest BCUT2D eigenvalue weighted by atomic mass is 10.1. The molecule has 2 rings (SSSR count). The third-order valence-electron chi connectivity index (χ3n) is 2.77. The fourth-order valence-electron chi connectivity index (χ4n) is 1.99. The Kier molecular flexibility index (Phi) is 2.94. The van der Waals surface area contributed by atoms with Crippen LogP contribution in [0.15, 0.2) is 22.8 Å². The summed E-state index contributed by atoms with van der Waals surface area (Å²) in [5, 5.41) is 8.66. The van der Waals surface area contributed by atoms with E-state index in [0.29, 0.717) is 18.8 Å². The van der Waals surface area contributed by atoms with E-state index in [-0.39, 0.29) is 18.2 Å². The van der Waals surface area contributed by atoms with E-state index in [9.17, 15) is 9.59 Å². The van der Waals surface area contributed by atoms with Crippen LogP contribution in [0.2, 0.25) is 0 Å². The summed E-state index contributed by atoms with van der Waals surface area (Å²) < 4.78 is 5.02. The summed E-state index contributed by atoms with van der Waals surface area (Å²) in [4.78, 5) is 24.0. The average Bonchev–Trinajstić information content (AvgIpc) is 2.84. The number of aliphatic carboxylic acids is 1. The van der Waals surface area contributed by atoms with Crippen molar-refractivity contribution in [3.63, 3.8) is 0 Å². The minimum absolute atomic E-state index is 0.0661. The van der Waals surface area contributed by atoms with Gasteiger partial charge in [0.05, 0.1) is 6.26 Å². The first-order chi connectivity index (χ1) is 7.66. The Morgan fingerprint density at radius 3 is 3.00 bits per heavy atom. The van der Waals surface area contributed by atoms with Gasteiger partial charge in [-0.05, 0) is 24.5 Å². The molecule has 0 spiro atoms. The van der Waals surface area contributed by atoms with Crippen LogP contribution in [0.5, 0.6) is 0 Å². The average molecular weight is 223 g/mol. The fourth-order valence-corrected chi connectivity index (χ4v) is 1.99. The largest absolute Gasteiger partial charge is 0.481 e. The molecule has 1 saturated heterocycles. The predicted molar refractivity (Wildman–Crippen MR) is 55.0 cm³/mol. The number of nitrogens with zero attached hydrogens (tertiary/aromatic N) is 1. The van der Waals surface area contributed by atoms with E-state index in [0.717, 1.165) is 6.42 Å². The van der Waals surface area contributed by atoms with E-state index in [1.807, 2.05) is 0 Å². The molecule has 1 aliphatic heterocycles. The van der Waals surface area contributed by atoms with Gasteiger partial charge < -0.3 is 14.4 Å². The van der Waals surface area contributed by atoms with Gasteiger partial charge >= 0.3 is 5.97 Å². The Bertz CT molecular complexity index is 385. The monoisotopic (exact) mass is 223 g/mol. The number of rotatable bonds is 3. The van der Waals surface area contributed by atoms with E-state index in [2.05, 4.69) is 0 Å². The number of carboxylic acids is 1. The maximum atomic E-state index is 11.8. The summed E-state index contributed by atoms with van der Waals surface area (Å²) in [6, 6.07) is 3.28. The van der Waals surface area contributed by atoms with Crippen LogP contribution in [0.3, 0.4) is 0 Å². The first-order valence-corrected chi connectivity index (χ1v) is 5.21. The maximum Gasteiger partial charge on any atom is 0.303 e. The molecule has 0 aromatic carbocycles. The van der Waals surface area contributed by atoms with Gasteiger partial charge in [-0.1, -0.05) is 0 Å². The van der Waals surface area contributed by atoms with Crippen LogP contribution in [-0.2, 0) is 4.79 Å². The number of carbonyl (C=O) groups is 2. The molecule has 86 valence electrons. The van der Waals surface area contributed by atoms with Gasteiger partial charge in [0.2, 0.25) is 0 Å². The Balaban J connectivity index is 1.94. The fraction of sp³-hybridized carbons (Fsp3) is 0.455. The van der Waals surface area contributed by atoms with Gasteiger partial charge in [0.15, 0.2) is 5.76 Å². The first kappa shape index (κ1) is 10.7. The molecule has 0 aliphatic carbocycles. The van der Waals surface area contributed by atoms with Crippen LogP contribution in [0.25, 0.3) is 0 Å². The highest BCUT2D eigenvalue weighted by atomic mass is 16.4. The number of likely N-dealkylation sites (tertiary alicyclic amines) is 1. The lowest BCUT2D eigenvalue weighted by Crippen LogP contribution is -2.28. The van der Waals surface area contributed by atoms with Crippen molar-refractivity contribution in [2.75, 3.05) is 13.1 Å². The third kappa shape index (κ3) is 2.24. The summed E-state index contributed by atoms with van der Waals surface area (Å²) in [5.74, 6) is -0.581. The molecule has 1 aromatic rings. The van der Waals surface area contributed by atoms with E-state index >= 15 is 0 Å². The SMILES string of the molecule is O=C(O)CC1CCN(C(=O)c2ccco2)C1. The van der Waals surface area contributed by atoms with Crippen LogP contribution in [0.4, 0.5) is 0 Å². The van der Waals surface area contributed by atoms with Crippen molar-refractivity contribution in [2.24, 2.45) is 5.92 Å². The summed E-state index contributed by atoms with van der Waals surface area (Å²) in [7, 11) is 0. The number of carbonyl (C=O) groups excluding carboxylic acids is 1. The van der Waals surface area contributed by atoms with Crippen molar-refractivity contribution in [1.82, 2.24) is 4.90 Å². The Hall–Kier alpha value is -1.78. The Labute approximate surface area is 92.7 Å². The van der Waals surface area contributed by atoms with Gasteiger partial charge in [0, 0.05) is 19.5 Å². The van der Waals surface area contributed by atoms with Crippen molar-refractivity contribution in [3.05, 3.63) is 24.2 Å². The summed E-state index contributed by atoms with van der Waals surface area (Å²) in [6.07, 6.45) is 2.33. The number of carboxylic acid groups (broad SMARTS) is 1. The summed E-state index contributed by atoms with van der Waals surface area (Å²) >= 11 is 0. The third-order valence-corrected chi connectivity index (χ3v) is 2.77. The molecule has 0 radical (unpaired) electrons. The number of furan rings is 1. The van der Waals surface area contributed by atoms with Crippen molar-refractivity contribution < 1.29 is 19.1 Å². The van der Waals surface area contributed by atoms with Crippen molar-refractivity contribution in [1.29, 1.82) is 0 Å². The number of hydrogen-bond donors (Lipinski definition) is 1. The second kappa shape index (κ2) is 4.38. The molecule has 16 heavy (non-hydrogen) atoms. The quantitative estimate of drug-likeness (QED) is 0.836. The molecule has 2 heterocycles. The van der Waals surface area contributed by atoms with Crippen LogP contribution < -0.4 is 0 Å². The molecule has 1 amide bonds. The van der Waals surface area contributed by atoms with Crippen molar-refractivity contribution >= 4 is 11.9 Å². The molecule has 5 nitrogen and oxygen atoms in total. The van der Waals surface area contributed by atoms with Crippen LogP contribution in [0.1, 0.15) is 23.4 Å². The molecular formula is C11H13NO4. The lowest BCUT2D eigenvalue weighted by molar-refractivity contribution is -0.138. The predicted octanol–water partition coefficient (Wildman–Crippen LogP) is 1.22. The van der Waals surface area contributed by atoms with Gasteiger partial charge in [-0.3, -0.25) is 9.59 Å². The second-order valence-electron chi connectivity index (χ2n) is 3.98. The normalized spacial score (nSPS) is 20.0. The highest BCUT2D eigenvalue weighted by molar-refractivity contribution is 5.91. The van der Waals surface area contributed by atoms with Crippen LogP contribution in [-0.4, -0.2) is 35.0 Å². The molecule has 1 aromatic heterocycles. The lowest BCUT2D eigenvalue weighted by Gasteiger charge is -2.14. The van der Waals surface area contributed by atoms with E-state index in [1.165, 1.54) is 6.26 Å². The zero-order chi connectivity index (χ0) is 11.5. The van der Waals surface area contributed by atoms with Gasteiger partial charge in [-0.15, -0.1) is 0 Å². The van der Waals surface area contributed by atoms with Gasteiger partial charge in [-0.25, -0.2) is 0 Å². The highest BCUT2D eigenvalue weighted by Gasteiger charge is 2.29. The summed E-state index contributed by atoms with van der Waals surface area (Å²) in [5.41, 5.74) is 0. The van der Waals surface area contributed by atoms with Gasteiger partial charge in [-0.2, -0.15) is 0 Å². The molecule has 0 bridgehead atoms. The number of hydrogen-bond acceptors (Lipinski definition) is 3. The van der Waals surface area contributed by atoms with Gasteiger partial charge in [0.25, 0.3) is 5.91 Å². The Morgan fingerprint density at radius 1 is 1.56 bits per heavy atom. The van der Waals surface area contributed by atoms with Crippen LogP contribution >= 0.6 is 0 Å². The minimum Gasteiger partial charge on any atom is -0.481 e. The van der Waals surface area contributed by atoms with E-state index < -0.39 is 5.97 Å². The molecule has 5 heteroatoms. The number of amides is 1. The van der Waals surface area contributed by atoms with E-state index in [4.69, 9.17) is 9.52 Å². The topological polar surface area (TPSA) is 70.8 Å². The second-order valence-corrected chi connectivity index (χ2v) is 3.98. The molecule has 1 aliphatic rings. The molecule has 1 atom stereocenters. The minimum atomic E-state index is -0.808. The smallest absolute Gasteiger partial charge is 0.303 e. The standard InChI is InChI=1S/C11H13NO4/c13-10(14)6-8-3-4-12(7-8)11(15)9-2-1-5-16-9/h1-2,5,8H,3-4,6-7H2,(H,13,14). The Morgan fingerprint density at radius 2 is 2.38 bits per heavy atom. The molecular weight excluding hydrogens is 210 g/mol. The van der Waals surface area contributed by atoms with Crippen LogP contribution in [0, 0.1) is 5.92 Å². The van der Waals surface area contributed by atoms with Gasteiger partial charge in [0.1, 0.15) is 0 Å². The summed E-state index contributed by atoms with van der Waals surface area (Å²) in [6.45, 7) is 1.11. The molecule has 1 unspecified atom stereocenters. The zero-order valence-electron chi connectivity index (χ0n) is 8.76. The van der Waals surface area contributed by atoms with Crippen molar-refractivity contribution in [3.8, 4) is 0 Å². The zero-order valence-corrected chi connectivity index (χ0v) is 8.76. The maximum absolute atomic E-state index is 11.8. The highest BCUT2D eigenvalue weighted by Crippen LogP contribution is 2.21. The van der Waals surface area contributed by atoms with Crippen molar-refractivity contribution in [2.45, 2.75) is 12.8 Å². The molecule has 1 fully saturated rings. The molecule has 1 N–H and O–H groups in total. The van der Waals surface area contributed by atoms with E-state index in [1.54, 1.807) is 17.0 Å². The first-order valence-electron chi connectivity index (χ1n) is 5.21. The molecule has 0 saturated carbocycles.